The van der Waals surface area contributed by atoms with Gasteiger partial charge in [0.25, 0.3) is 5.91 Å². The standard InChI is InChI=1S/C16H14BrNO3/c1-11(21-15-7-2-4-12(8-15)10-19)16(20)18-14-6-3-5-13(17)9-14/h2-11H,1H3,(H,18,20). The molecule has 0 saturated carbocycles. The van der Waals surface area contributed by atoms with E-state index >= 15 is 0 Å². The lowest BCUT2D eigenvalue weighted by atomic mass is 10.2. The first-order chi connectivity index (χ1) is 10.1. The van der Waals surface area contributed by atoms with Gasteiger partial charge in [-0.2, -0.15) is 0 Å². The molecule has 0 fully saturated rings. The highest BCUT2D eigenvalue weighted by molar-refractivity contribution is 9.10. The number of benzene rings is 2. The van der Waals surface area contributed by atoms with Crippen LogP contribution in [0.4, 0.5) is 5.69 Å². The van der Waals surface area contributed by atoms with Crippen LogP contribution in [0.5, 0.6) is 5.75 Å². The Balaban J connectivity index is 2.00. The Kier molecular flexibility index (Phi) is 5.11. The van der Waals surface area contributed by atoms with Gasteiger partial charge in [0.15, 0.2) is 6.10 Å². The highest BCUT2D eigenvalue weighted by atomic mass is 79.9. The van der Waals surface area contributed by atoms with E-state index in [1.165, 1.54) is 0 Å². The van der Waals surface area contributed by atoms with Gasteiger partial charge < -0.3 is 10.1 Å². The zero-order valence-electron chi connectivity index (χ0n) is 11.4. The summed E-state index contributed by atoms with van der Waals surface area (Å²) < 4.78 is 6.42. The average Bonchev–Trinajstić information content (AvgIpc) is 2.47. The number of amides is 1. The number of aldehydes is 1. The van der Waals surface area contributed by atoms with Gasteiger partial charge in [0.1, 0.15) is 12.0 Å². The number of halogens is 1. The molecule has 1 unspecified atom stereocenters. The molecule has 1 N–H and O–H groups in total. The SMILES string of the molecule is CC(Oc1cccc(C=O)c1)C(=O)Nc1cccc(Br)c1. The van der Waals surface area contributed by atoms with Crippen molar-refractivity contribution in [2.45, 2.75) is 13.0 Å². The molecule has 0 aliphatic rings. The van der Waals surface area contributed by atoms with Crippen molar-refractivity contribution >= 4 is 33.8 Å². The van der Waals surface area contributed by atoms with Gasteiger partial charge in [-0.3, -0.25) is 9.59 Å². The van der Waals surface area contributed by atoms with Crippen molar-refractivity contribution in [3.63, 3.8) is 0 Å². The molecular weight excluding hydrogens is 334 g/mol. The summed E-state index contributed by atoms with van der Waals surface area (Å²) in [7, 11) is 0. The summed E-state index contributed by atoms with van der Waals surface area (Å²) in [5, 5.41) is 2.77. The van der Waals surface area contributed by atoms with Gasteiger partial charge in [-0.1, -0.05) is 34.1 Å². The molecule has 0 aliphatic heterocycles. The monoisotopic (exact) mass is 347 g/mol. The van der Waals surface area contributed by atoms with Gasteiger partial charge in [0, 0.05) is 15.7 Å². The van der Waals surface area contributed by atoms with Crippen molar-refractivity contribution in [3.05, 3.63) is 58.6 Å². The van der Waals surface area contributed by atoms with Crippen LogP contribution in [-0.2, 0) is 4.79 Å². The molecule has 21 heavy (non-hydrogen) atoms. The molecule has 5 heteroatoms. The van der Waals surface area contributed by atoms with E-state index in [-0.39, 0.29) is 5.91 Å². The molecule has 0 heterocycles. The van der Waals surface area contributed by atoms with Crippen molar-refractivity contribution in [3.8, 4) is 5.75 Å². The van der Waals surface area contributed by atoms with Crippen LogP contribution in [0, 0.1) is 0 Å². The second kappa shape index (κ2) is 7.04. The van der Waals surface area contributed by atoms with E-state index in [9.17, 15) is 9.59 Å². The highest BCUT2D eigenvalue weighted by Crippen LogP contribution is 2.17. The number of carbonyl (C=O) groups excluding carboxylic acids is 2. The predicted octanol–water partition coefficient (Wildman–Crippen LogP) is 3.67. The summed E-state index contributed by atoms with van der Waals surface area (Å²) in [5.74, 6) is 0.223. The van der Waals surface area contributed by atoms with E-state index in [1.54, 1.807) is 43.3 Å². The number of hydrogen-bond donors (Lipinski definition) is 1. The summed E-state index contributed by atoms with van der Waals surface area (Å²) in [5.41, 5.74) is 1.19. The van der Waals surface area contributed by atoms with Gasteiger partial charge in [-0.25, -0.2) is 0 Å². The van der Waals surface area contributed by atoms with E-state index < -0.39 is 6.10 Å². The van der Waals surface area contributed by atoms with Crippen LogP contribution < -0.4 is 10.1 Å². The zero-order valence-corrected chi connectivity index (χ0v) is 13.0. The Morgan fingerprint density at radius 2 is 2.00 bits per heavy atom. The van der Waals surface area contributed by atoms with Gasteiger partial charge in [0.05, 0.1) is 0 Å². The first-order valence-corrected chi connectivity index (χ1v) is 7.16. The van der Waals surface area contributed by atoms with Gasteiger partial charge >= 0.3 is 0 Å². The lowest BCUT2D eigenvalue weighted by Crippen LogP contribution is -2.30. The fraction of sp³-hybridized carbons (Fsp3) is 0.125. The minimum absolute atomic E-state index is 0.260. The van der Waals surface area contributed by atoms with Crippen molar-refractivity contribution in [2.75, 3.05) is 5.32 Å². The van der Waals surface area contributed by atoms with E-state index in [1.807, 2.05) is 12.1 Å². The van der Waals surface area contributed by atoms with Crippen LogP contribution >= 0.6 is 15.9 Å². The Hall–Kier alpha value is -2.14. The van der Waals surface area contributed by atoms with Crippen molar-refractivity contribution in [1.82, 2.24) is 0 Å². The normalized spacial score (nSPS) is 11.5. The van der Waals surface area contributed by atoms with E-state index in [4.69, 9.17) is 4.74 Å². The minimum atomic E-state index is -0.675. The summed E-state index contributed by atoms with van der Waals surface area (Å²) >= 11 is 3.34. The molecule has 0 bridgehead atoms. The second-order valence-corrected chi connectivity index (χ2v) is 5.37. The average molecular weight is 348 g/mol. The van der Waals surface area contributed by atoms with Crippen LogP contribution in [-0.4, -0.2) is 18.3 Å². The minimum Gasteiger partial charge on any atom is -0.481 e. The molecule has 1 amide bonds. The van der Waals surface area contributed by atoms with Gasteiger partial charge in [-0.05, 0) is 37.3 Å². The topological polar surface area (TPSA) is 55.4 Å². The maximum Gasteiger partial charge on any atom is 0.265 e. The van der Waals surface area contributed by atoms with Crippen molar-refractivity contribution in [2.24, 2.45) is 0 Å². The molecule has 0 aliphatic carbocycles. The predicted molar refractivity (Wildman–Crippen MR) is 84.7 cm³/mol. The maximum absolute atomic E-state index is 12.1. The molecule has 0 saturated heterocycles. The van der Waals surface area contributed by atoms with Crippen molar-refractivity contribution in [1.29, 1.82) is 0 Å². The highest BCUT2D eigenvalue weighted by Gasteiger charge is 2.15. The number of rotatable bonds is 5. The summed E-state index contributed by atoms with van der Waals surface area (Å²) in [6.07, 6.45) is 0.0601. The third-order valence-corrected chi connectivity index (χ3v) is 3.26. The largest absolute Gasteiger partial charge is 0.481 e. The summed E-state index contributed by atoms with van der Waals surface area (Å²) in [4.78, 5) is 22.8. The smallest absolute Gasteiger partial charge is 0.265 e. The maximum atomic E-state index is 12.1. The molecule has 0 spiro atoms. The molecule has 4 nitrogen and oxygen atoms in total. The summed E-state index contributed by atoms with van der Waals surface area (Å²) in [6, 6.07) is 14.0. The Bertz CT molecular complexity index is 657. The fourth-order valence-electron chi connectivity index (χ4n) is 1.73. The quantitative estimate of drug-likeness (QED) is 0.839. The molecular formula is C16H14BrNO3. The number of nitrogens with one attached hydrogen (secondary N) is 1. The molecule has 0 aromatic heterocycles. The third-order valence-electron chi connectivity index (χ3n) is 2.77. The van der Waals surface area contributed by atoms with Crippen LogP contribution in [0.1, 0.15) is 17.3 Å². The second-order valence-electron chi connectivity index (χ2n) is 4.45. The number of ether oxygens (including phenoxy) is 1. The van der Waals surface area contributed by atoms with Gasteiger partial charge in [0.2, 0.25) is 0 Å². The zero-order chi connectivity index (χ0) is 15.2. The van der Waals surface area contributed by atoms with E-state index in [0.717, 1.165) is 10.8 Å². The number of anilines is 1. The third kappa shape index (κ3) is 4.43. The van der Waals surface area contributed by atoms with Crippen LogP contribution in [0.25, 0.3) is 0 Å². The van der Waals surface area contributed by atoms with E-state index in [2.05, 4.69) is 21.2 Å². The Morgan fingerprint density at radius 3 is 2.71 bits per heavy atom. The number of carbonyl (C=O) groups is 2. The van der Waals surface area contributed by atoms with Crippen LogP contribution in [0.15, 0.2) is 53.0 Å². The first kappa shape index (κ1) is 15.3. The molecule has 1 atom stereocenters. The van der Waals surface area contributed by atoms with Gasteiger partial charge in [-0.15, -0.1) is 0 Å². The fourth-order valence-corrected chi connectivity index (χ4v) is 2.13. The lowest BCUT2D eigenvalue weighted by Gasteiger charge is -2.15. The lowest BCUT2D eigenvalue weighted by molar-refractivity contribution is -0.122. The molecule has 2 aromatic rings. The Morgan fingerprint density at radius 1 is 1.24 bits per heavy atom. The molecule has 2 aromatic carbocycles. The summed E-state index contributed by atoms with van der Waals surface area (Å²) in [6.45, 7) is 1.65. The molecule has 108 valence electrons. The van der Waals surface area contributed by atoms with E-state index in [0.29, 0.717) is 17.0 Å². The first-order valence-electron chi connectivity index (χ1n) is 6.37. The molecule has 0 radical (unpaired) electrons. The van der Waals surface area contributed by atoms with Crippen LogP contribution in [0.3, 0.4) is 0 Å². The molecule has 2 rings (SSSR count). The van der Waals surface area contributed by atoms with Crippen LogP contribution in [0.2, 0.25) is 0 Å². The number of hydrogen-bond acceptors (Lipinski definition) is 3. The van der Waals surface area contributed by atoms with Crippen molar-refractivity contribution < 1.29 is 14.3 Å². The Labute approximate surface area is 131 Å².